The standard InChI is InChI=1S/C17H18BrNO/c1-11-12(2)19(10-9-17(11)20)16-8-7-15(18)13-5-3-4-6-14(13)16/h3-8,11-12H,9-10H2,1-2H3. The van der Waals surface area contributed by atoms with E-state index in [0.29, 0.717) is 12.2 Å². The molecule has 3 rings (SSSR count). The van der Waals surface area contributed by atoms with Crippen molar-refractivity contribution in [3.8, 4) is 0 Å². The summed E-state index contributed by atoms with van der Waals surface area (Å²) in [7, 11) is 0. The van der Waals surface area contributed by atoms with E-state index in [1.807, 2.05) is 6.92 Å². The highest BCUT2D eigenvalue weighted by Crippen LogP contribution is 2.35. The van der Waals surface area contributed by atoms with Gasteiger partial charge in [0.15, 0.2) is 0 Å². The van der Waals surface area contributed by atoms with Gasteiger partial charge in [-0.05, 0) is 24.4 Å². The maximum atomic E-state index is 11.9. The van der Waals surface area contributed by atoms with Gasteiger partial charge in [0.1, 0.15) is 5.78 Å². The minimum Gasteiger partial charge on any atom is -0.367 e. The number of fused-ring (bicyclic) bond motifs is 1. The first kappa shape index (κ1) is 13.6. The topological polar surface area (TPSA) is 20.3 Å². The van der Waals surface area contributed by atoms with Crippen LogP contribution in [0.25, 0.3) is 10.8 Å². The quantitative estimate of drug-likeness (QED) is 0.771. The van der Waals surface area contributed by atoms with Gasteiger partial charge in [0.05, 0.1) is 0 Å². The SMILES string of the molecule is CC1C(=O)CCN(c2ccc(Br)c3ccccc23)C1C. The Bertz CT molecular complexity index is 667. The number of Topliss-reactive ketones (excluding diaryl/α,β-unsaturated/α-hetero) is 1. The lowest BCUT2D eigenvalue weighted by Gasteiger charge is -2.39. The van der Waals surface area contributed by atoms with Gasteiger partial charge in [-0.2, -0.15) is 0 Å². The van der Waals surface area contributed by atoms with Crippen LogP contribution in [0.5, 0.6) is 0 Å². The first-order valence-electron chi connectivity index (χ1n) is 7.06. The molecule has 2 atom stereocenters. The summed E-state index contributed by atoms with van der Waals surface area (Å²) < 4.78 is 1.12. The number of halogens is 1. The zero-order valence-corrected chi connectivity index (χ0v) is 13.4. The Kier molecular flexibility index (Phi) is 3.55. The van der Waals surface area contributed by atoms with Gasteiger partial charge in [0.25, 0.3) is 0 Å². The second-order valence-corrected chi connectivity index (χ2v) is 6.41. The highest BCUT2D eigenvalue weighted by molar-refractivity contribution is 9.10. The first-order chi connectivity index (χ1) is 9.59. The van der Waals surface area contributed by atoms with Crippen molar-refractivity contribution in [2.75, 3.05) is 11.4 Å². The lowest BCUT2D eigenvalue weighted by atomic mass is 9.89. The summed E-state index contributed by atoms with van der Waals surface area (Å²) in [6.45, 7) is 5.01. The second kappa shape index (κ2) is 5.21. The van der Waals surface area contributed by atoms with Crippen molar-refractivity contribution in [1.82, 2.24) is 0 Å². The third-order valence-electron chi connectivity index (χ3n) is 4.48. The Hall–Kier alpha value is -1.35. The molecule has 1 fully saturated rings. The van der Waals surface area contributed by atoms with Crippen LogP contribution in [0.15, 0.2) is 40.9 Å². The van der Waals surface area contributed by atoms with Crippen LogP contribution in [0.1, 0.15) is 20.3 Å². The van der Waals surface area contributed by atoms with Crippen LogP contribution in [-0.4, -0.2) is 18.4 Å². The minimum atomic E-state index is 0.103. The number of carbonyl (C=O) groups is 1. The highest BCUT2D eigenvalue weighted by atomic mass is 79.9. The van der Waals surface area contributed by atoms with E-state index in [-0.39, 0.29) is 12.0 Å². The van der Waals surface area contributed by atoms with Crippen molar-refractivity contribution in [2.24, 2.45) is 5.92 Å². The summed E-state index contributed by atoms with van der Waals surface area (Å²) in [5.41, 5.74) is 1.23. The maximum Gasteiger partial charge on any atom is 0.139 e. The van der Waals surface area contributed by atoms with E-state index in [1.165, 1.54) is 16.5 Å². The van der Waals surface area contributed by atoms with E-state index in [0.717, 1.165) is 11.0 Å². The molecular formula is C17H18BrNO. The molecule has 1 heterocycles. The fourth-order valence-electron chi connectivity index (χ4n) is 3.04. The highest BCUT2D eigenvalue weighted by Gasteiger charge is 2.31. The van der Waals surface area contributed by atoms with E-state index >= 15 is 0 Å². The monoisotopic (exact) mass is 331 g/mol. The molecule has 0 radical (unpaired) electrons. The molecule has 2 aromatic rings. The van der Waals surface area contributed by atoms with Gasteiger partial charge in [-0.3, -0.25) is 4.79 Å². The number of piperidine rings is 1. The average Bonchev–Trinajstić information content (AvgIpc) is 2.47. The molecular weight excluding hydrogens is 314 g/mol. The summed E-state index contributed by atoms with van der Waals surface area (Å²) >= 11 is 3.62. The van der Waals surface area contributed by atoms with Crippen molar-refractivity contribution < 1.29 is 4.79 Å². The third-order valence-corrected chi connectivity index (χ3v) is 5.17. The molecule has 2 nitrogen and oxygen atoms in total. The Morgan fingerprint density at radius 1 is 1.10 bits per heavy atom. The third kappa shape index (κ3) is 2.14. The molecule has 0 aliphatic carbocycles. The molecule has 0 saturated carbocycles. The van der Waals surface area contributed by atoms with Crippen LogP contribution in [0.2, 0.25) is 0 Å². The zero-order valence-electron chi connectivity index (χ0n) is 11.8. The van der Waals surface area contributed by atoms with Gasteiger partial charge in [-0.25, -0.2) is 0 Å². The summed E-state index contributed by atoms with van der Waals surface area (Å²) in [6.07, 6.45) is 0.649. The van der Waals surface area contributed by atoms with Gasteiger partial charge in [0, 0.05) is 40.5 Å². The fraction of sp³-hybridized carbons (Fsp3) is 0.353. The molecule has 104 valence electrons. The summed E-state index contributed by atoms with van der Waals surface area (Å²) in [5.74, 6) is 0.487. The molecule has 0 spiro atoms. The van der Waals surface area contributed by atoms with Gasteiger partial charge < -0.3 is 4.90 Å². The molecule has 2 unspecified atom stereocenters. The van der Waals surface area contributed by atoms with E-state index in [9.17, 15) is 4.79 Å². The molecule has 0 bridgehead atoms. The van der Waals surface area contributed by atoms with Crippen LogP contribution < -0.4 is 4.90 Å². The normalized spacial score (nSPS) is 23.4. The number of anilines is 1. The molecule has 0 N–H and O–H groups in total. The fourth-order valence-corrected chi connectivity index (χ4v) is 3.52. The predicted octanol–water partition coefficient (Wildman–Crippen LogP) is 4.41. The summed E-state index contributed by atoms with van der Waals surface area (Å²) in [4.78, 5) is 14.2. The number of benzene rings is 2. The first-order valence-corrected chi connectivity index (χ1v) is 7.85. The van der Waals surface area contributed by atoms with Crippen LogP contribution in [0.3, 0.4) is 0 Å². The maximum absolute atomic E-state index is 11.9. The Labute approximate surface area is 127 Å². The largest absolute Gasteiger partial charge is 0.367 e. The van der Waals surface area contributed by atoms with Gasteiger partial charge in [-0.15, -0.1) is 0 Å². The molecule has 1 saturated heterocycles. The lowest BCUT2D eigenvalue weighted by Crippen LogP contribution is -2.47. The number of hydrogen-bond acceptors (Lipinski definition) is 2. The number of carbonyl (C=O) groups excluding carboxylic acids is 1. The minimum absolute atomic E-state index is 0.103. The van der Waals surface area contributed by atoms with Gasteiger partial charge in [-0.1, -0.05) is 47.1 Å². The molecule has 2 aromatic carbocycles. The van der Waals surface area contributed by atoms with Crippen LogP contribution in [0, 0.1) is 5.92 Å². The van der Waals surface area contributed by atoms with Crippen molar-refractivity contribution in [3.05, 3.63) is 40.9 Å². The molecule has 1 aliphatic rings. The van der Waals surface area contributed by atoms with Crippen molar-refractivity contribution in [2.45, 2.75) is 26.3 Å². The Balaban J connectivity index is 2.11. The second-order valence-electron chi connectivity index (χ2n) is 5.55. The number of nitrogens with zero attached hydrogens (tertiary/aromatic N) is 1. The van der Waals surface area contributed by atoms with E-state index in [1.54, 1.807) is 0 Å². The van der Waals surface area contributed by atoms with E-state index in [4.69, 9.17) is 0 Å². The Morgan fingerprint density at radius 3 is 2.55 bits per heavy atom. The zero-order chi connectivity index (χ0) is 14.3. The van der Waals surface area contributed by atoms with E-state index < -0.39 is 0 Å². The molecule has 1 aliphatic heterocycles. The molecule has 20 heavy (non-hydrogen) atoms. The number of hydrogen-bond donors (Lipinski definition) is 0. The number of ketones is 1. The average molecular weight is 332 g/mol. The van der Waals surface area contributed by atoms with Crippen molar-refractivity contribution in [1.29, 1.82) is 0 Å². The lowest BCUT2D eigenvalue weighted by molar-refractivity contribution is -0.123. The van der Waals surface area contributed by atoms with Crippen molar-refractivity contribution >= 4 is 38.2 Å². The van der Waals surface area contributed by atoms with E-state index in [2.05, 4.69) is 64.2 Å². The van der Waals surface area contributed by atoms with Crippen LogP contribution in [-0.2, 0) is 4.79 Å². The number of rotatable bonds is 1. The van der Waals surface area contributed by atoms with Gasteiger partial charge in [0.2, 0.25) is 0 Å². The van der Waals surface area contributed by atoms with Crippen molar-refractivity contribution in [3.63, 3.8) is 0 Å². The van der Waals surface area contributed by atoms with Crippen LogP contribution >= 0.6 is 15.9 Å². The molecule has 0 aromatic heterocycles. The predicted molar refractivity (Wildman–Crippen MR) is 87.2 cm³/mol. The van der Waals surface area contributed by atoms with Gasteiger partial charge >= 0.3 is 0 Å². The summed E-state index contributed by atoms with van der Waals surface area (Å²) in [5, 5.41) is 2.47. The smallest absolute Gasteiger partial charge is 0.139 e. The molecule has 0 amide bonds. The Morgan fingerprint density at radius 2 is 1.80 bits per heavy atom. The van der Waals surface area contributed by atoms with Crippen LogP contribution in [0.4, 0.5) is 5.69 Å². The molecule has 3 heteroatoms. The summed E-state index contributed by atoms with van der Waals surface area (Å²) in [6, 6.07) is 12.9.